The summed E-state index contributed by atoms with van der Waals surface area (Å²) in [7, 11) is 0. The van der Waals surface area contributed by atoms with Crippen LogP contribution in [-0.4, -0.2) is 21.5 Å². The predicted molar refractivity (Wildman–Crippen MR) is 76.9 cm³/mol. The summed E-state index contributed by atoms with van der Waals surface area (Å²) in [5, 5.41) is 5.40. The molecular weight excluding hydrogens is 264 g/mol. The second-order valence-electron chi connectivity index (χ2n) is 4.11. The van der Waals surface area contributed by atoms with E-state index in [0.717, 1.165) is 47.5 Å². The van der Waals surface area contributed by atoms with Crippen LogP contribution < -0.4 is 5.32 Å². The quantitative estimate of drug-likeness (QED) is 0.931. The van der Waals surface area contributed by atoms with Crippen molar-refractivity contribution in [2.75, 3.05) is 11.9 Å². The van der Waals surface area contributed by atoms with Crippen LogP contribution >= 0.6 is 23.1 Å². The zero-order chi connectivity index (χ0) is 12.4. The molecule has 6 heteroatoms. The molecule has 1 aliphatic heterocycles. The minimum Gasteiger partial charge on any atom is -0.370 e. The molecule has 4 nitrogen and oxygen atoms in total. The molecule has 0 radical (unpaired) electrons. The third-order valence-electron chi connectivity index (χ3n) is 2.78. The van der Waals surface area contributed by atoms with Crippen molar-refractivity contribution in [2.24, 2.45) is 0 Å². The second-order valence-corrected chi connectivity index (χ2v) is 5.82. The Bertz CT molecular complexity index is 539. The number of hydrogen-bond donors (Lipinski definition) is 1. The molecular formula is C12H14N4S2. The van der Waals surface area contributed by atoms with Crippen LogP contribution in [0.25, 0.3) is 11.5 Å². The second kappa shape index (κ2) is 5.24. The molecule has 0 unspecified atom stereocenters. The molecule has 0 saturated carbocycles. The number of thiazole rings is 1. The number of hydrogen-bond acceptors (Lipinski definition) is 6. The zero-order valence-corrected chi connectivity index (χ0v) is 11.8. The van der Waals surface area contributed by atoms with Gasteiger partial charge in [0.2, 0.25) is 0 Å². The SMILES string of the molecule is CCCNc1nc(-c2cscn2)nc2c1CSC2. The maximum Gasteiger partial charge on any atom is 0.181 e. The van der Waals surface area contributed by atoms with Crippen molar-refractivity contribution in [1.82, 2.24) is 15.0 Å². The minimum atomic E-state index is 0.746. The highest BCUT2D eigenvalue weighted by Gasteiger charge is 2.20. The van der Waals surface area contributed by atoms with Gasteiger partial charge in [0, 0.05) is 29.0 Å². The van der Waals surface area contributed by atoms with E-state index in [0.29, 0.717) is 0 Å². The lowest BCUT2D eigenvalue weighted by Gasteiger charge is -2.10. The standard InChI is InChI=1S/C12H14N4S2/c1-2-3-13-11-8-4-17-5-9(8)15-12(16-11)10-6-18-7-14-10/h6-7H,2-5H2,1H3,(H,13,15,16). The Hall–Kier alpha value is -1.14. The molecule has 3 rings (SSSR count). The van der Waals surface area contributed by atoms with Gasteiger partial charge in [-0.3, -0.25) is 0 Å². The number of fused-ring (bicyclic) bond motifs is 1. The van der Waals surface area contributed by atoms with E-state index in [1.165, 1.54) is 5.56 Å². The van der Waals surface area contributed by atoms with E-state index in [4.69, 9.17) is 0 Å². The molecule has 3 heterocycles. The van der Waals surface area contributed by atoms with Gasteiger partial charge in [0.15, 0.2) is 5.82 Å². The number of anilines is 1. The molecule has 94 valence electrons. The van der Waals surface area contributed by atoms with Crippen LogP contribution in [0.1, 0.15) is 24.6 Å². The Labute approximate surface area is 114 Å². The van der Waals surface area contributed by atoms with Crippen molar-refractivity contribution < 1.29 is 0 Å². The summed E-state index contributed by atoms with van der Waals surface area (Å²) in [6.45, 7) is 3.11. The molecule has 2 aromatic heterocycles. The van der Waals surface area contributed by atoms with E-state index in [9.17, 15) is 0 Å². The van der Waals surface area contributed by atoms with Gasteiger partial charge in [-0.15, -0.1) is 11.3 Å². The highest BCUT2D eigenvalue weighted by Crippen LogP contribution is 2.34. The number of rotatable bonds is 4. The molecule has 0 spiro atoms. The van der Waals surface area contributed by atoms with Gasteiger partial charge in [-0.05, 0) is 6.42 Å². The van der Waals surface area contributed by atoms with Crippen molar-refractivity contribution in [3.8, 4) is 11.5 Å². The fourth-order valence-electron chi connectivity index (χ4n) is 1.88. The van der Waals surface area contributed by atoms with Gasteiger partial charge in [-0.1, -0.05) is 6.92 Å². The van der Waals surface area contributed by atoms with Gasteiger partial charge in [0.25, 0.3) is 0 Å². The van der Waals surface area contributed by atoms with E-state index in [1.54, 1.807) is 11.3 Å². The molecule has 18 heavy (non-hydrogen) atoms. The summed E-state index contributed by atoms with van der Waals surface area (Å²) >= 11 is 3.47. The Balaban J connectivity index is 2.02. The van der Waals surface area contributed by atoms with Crippen LogP contribution in [0.15, 0.2) is 10.9 Å². The van der Waals surface area contributed by atoms with Gasteiger partial charge < -0.3 is 5.32 Å². The van der Waals surface area contributed by atoms with Crippen LogP contribution in [0, 0.1) is 0 Å². The van der Waals surface area contributed by atoms with E-state index >= 15 is 0 Å². The lowest BCUT2D eigenvalue weighted by molar-refractivity contribution is 0.954. The molecule has 0 bridgehead atoms. The highest BCUT2D eigenvalue weighted by atomic mass is 32.2. The molecule has 1 N–H and O–H groups in total. The normalized spacial score (nSPS) is 13.6. The zero-order valence-electron chi connectivity index (χ0n) is 10.1. The first-order valence-electron chi connectivity index (χ1n) is 5.98. The Morgan fingerprint density at radius 1 is 1.33 bits per heavy atom. The molecule has 1 aliphatic rings. The van der Waals surface area contributed by atoms with Crippen LogP contribution in [-0.2, 0) is 11.5 Å². The summed E-state index contributed by atoms with van der Waals surface area (Å²) < 4.78 is 0. The van der Waals surface area contributed by atoms with Gasteiger partial charge in [-0.2, -0.15) is 11.8 Å². The lowest BCUT2D eigenvalue weighted by atomic mass is 10.2. The van der Waals surface area contributed by atoms with E-state index in [-0.39, 0.29) is 0 Å². The van der Waals surface area contributed by atoms with Crippen molar-refractivity contribution in [3.63, 3.8) is 0 Å². The van der Waals surface area contributed by atoms with Gasteiger partial charge in [0.05, 0.1) is 11.2 Å². The average molecular weight is 278 g/mol. The lowest BCUT2D eigenvalue weighted by Crippen LogP contribution is -2.08. The molecule has 0 fully saturated rings. The summed E-state index contributed by atoms with van der Waals surface area (Å²) in [5.74, 6) is 3.74. The molecule has 2 aromatic rings. The first kappa shape index (κ1) is 11.9. The van der Waals surface area contributed by atoms with Crippen LogP contribution in [0.4, 0.5) is 5.82 Å². The summed E-state index contributed by atoms with van der Waals surface area (Å²) in [6.07, 6.45) is 1.10. The molecule has 0 aliphatic carbocycles. The van der Waals surface area contributed by atoms with Gasteiger partial charge in [0.1, 0.15) is 11.5 Å². The Morgan fingerprint density at radius 3 is 3.06 bits per heavy atom. The number of aromatic nitrogens is 3. The largest absolute Gasteiger partial charge is 0.370 e. The third kappa shape index (κ3) is 2.22. The van der Waals surface area contributed by atoms with Crippen LogP contribution in [0.2, 0.25) is 0 Å². The van der Waals surface area contributed by atoms with E-state index in [1.807, 2.05) is 22.7 Å². The number of nitrogens with one attached hydrogen (secondary N) is 1. The highest BCUT2D eigenvalue weighted by molar-refractivity contribution is 7.98. The van der Waals surface area contributed by atoms with Gasteiger partial charge in [-0.25, -0.2) is 15.0 Å². The summed E-state index contributed by atoms with van der Waals surface area (Å²) in [5.41, 5.74) is 5.13. The summed E-state index contributed by atoms with van der Waals surface area (Å²) in [6, 6.07) is 0. The fraction of sp³-hybridized carbons (Fsp3) is 0.417. The maximum atomic E-state index is 4.64. The van der Waals surface area contributed by atoms with Crippen LogP contribution in [0.3, 0.4) is 0 Å². The average Bonchev–Trinajstić information content (AvgIpc) is 3.05. The third-order valence-corrected chi connectivity index (χ3v) is 4.34. The Morgan fingerprint density at radius 2 is 2.28 bits per heavy atom. The first-order chi connectivity index (χ1) is 8.88. The van der Waals surface area contributed by atoms with Crippen molar-refractivity contribution >= 4 is 28.9 Å². The smallest absolute Gasteiger partial charge is 0.181 e. The Kier molecular flexibility index (Phi) is 3.47. The summed E-state index contributed by atoms with van der Waals surface area (Å²) in [4.78, 5) is 13.6. The van der Waals surface area contributed by atoms with Crippen molar-refractivity contribution in [1.29, 1.82) is 0 Å². The van der Waals surface area contributed by atoms with Gasteiger partial charge >= 0.3 is 0 Å². The fourth-order valence-corrected chi connectivity index (χ4v) is 3.45. The number of thioether (sulfide) groups is 1. The van der Waals surface area contributed by atoms with Crippen molar-refractivity contribution in [3.05, 3.63) is 22.1 Å². The van der Waals surface area contributed by atoms with Crippen molar-refractivity contribution in [2.45, 2.75) is 24.9 Å². The number of nitrogens with zero attached hydrogens (tertiary/aromatic N) is 3. The monoisotopic (exact) mass is 278 g/mol. The first-order valence-corrected chi connectivity index (χ1v) is 8.08. The molecule has 0 saturated heterocycles. The molecule has 0 atom stereocenters. The van der Waals surface area contributed by atoms with E-state index in [2.05, 4.69) is 27.2 Å². The predicted octanol–water partition coefficient (Wildman–Crippen LogP) is 3.17. The minimum absolute atomic E-state index is 0.746. The molecule has 0 aromatic carbocycles. The molecule has 0 amide bonds. The maximum absolute atomic E-state index is 4.64. The van der Waals surface area contributed by atoms with E-state index < -0.39 is 0 Å². The van der Waals surface area contributed by atoms with Crippen LogP contribution in [0.5, 0.6) is 0 Å². The topological polar surface area (TPSA) is 50.7 Å².